The SMILES string of the molecule is CCOC(=O)c1ccccc1NC(=O)Cc1c[nH]c2ccccc12. The molecule has 0 aliphatic heterocycles. The Morgan fingerprint density at radius 3 is 2.67 bits per heavy atom. The highest BCUT2D eigenvalue weighted by atomic mass is 16.5. The molecule has 0 aliphatic carbocycles. The highest BCUT2D eigenvalue weighted by Crippen LogP contribution is 2.20. The van der Waals surface area contributed by atoms with Crippen molar-refractivity contribution >= 4 is 28.5 Å². The summed E-state index contributed by atoms with van der Waals surface area (Å²) in [6.45, 7) is 2.03. The van der Waals surface area contributed by atoms with Crippen molar-refractivity contribution in [1.29, 1.82) is 0 Å². The maximum Gasteiger partial charge on any atom is 0.340 e. The van der Waals surface area contributed by atoms with Gasteiger partial charge in [0.25, 0.3) is 0 Å². The predicted octanol–water partition coefficient (Wildman–Crippen LogP) is 3.53. The number of carbonyl (C=O) groups is 2. The molecule has 0 spiro atoms. The molecule has 0 bridgehead atoms. The van der Waals surface area contributed by atoms with Crippen LogP contribution in [0.2, 0.25) is 0 Å². The second-order valence-corrected chi connectivity index (χ2v) is 5.35. The maximum atomic E-state index is 12.4. The number of fused-ring (bicyclic) bond motifs is 1. The lowest BCUT2D eigenvalue weighted by molar-refractivity contribution is -0.115. The van der Waals surface area contributed by atoms with Gasteiger partial charge in [-0.2, -0.15) is 0 Å². The van der Waals surface area contributed by atoms with Gasteiger partial charge in [0.1, 0.15) is 0 Å². The second kappa shape index (κ2) is 7.00. The molecule has 122 valence electrons. The lowest BCUT2D eigenvalue weighted by Gasteiger charge is -2.10. The Morgan fingerprint density at radius 1 is 1.08 bits per heavy atom. The van der Waals surface area contributed by atoms with Crippen LogP contribution >= 0.6 is 0 Å². The number of anilines is 1. The van der Waals surface area contributed by atoms with Crippen LogP contribution in [0.25, 0.3) is 10.9 Å². The molecular formula is C19H18N2O3. The summed E-state index contributed by atoms with van der Waals surface area (Å²) >= 11 is 0. The monoisotopic (exact) mass is 322 g/mol. The van der Waals surface area contributed by atoms with Crippen LogP contribution in [-0.4, -0.2) is 23.5 Å². The fraction of sp³-hybridized carbons (Fsp3) is 0.158. The van der Waals surface area contributed by atoms with E-state index in [-0.39, 0.29) is 18.9 Å². The van der Waals surface area contributed by atoms with Gasteiger partial charge in [-0.15, -0.1) is 0 Å². The van der Waals surface area contributed by atoms with E-state index >= 15 is 0 Å². The molecule has 0 saturated carbocycles. The van der Waals surface area contributed by atoms with Gasteiger partial charge in [0.15, 0.2) is 0 Å². The average molecular weight is 322 g/mol. The number of H-pyrrole nitrogens is 1. The van der Waals surface area contributed by atoms with E-state index in [1.165, 1.54) is 0 Å². The third kappa shape index (κ3) is 3.30. The molecule has 2 N–H and O–H groups in total. The fourth-order valence-corrected chi connectivity index (χ4v) is 2.62. The molecule has 1 aromatic heterocycles. The zero-order chi connectivity index (χ0) is 16.9. The number of nitrogens with one attached hydrogen (secondary N) is 2. The standard InChI is InChI=1S/C19H18N2O3/c1-2-24-19(23)15-8-4-6-10-17(15)21-18(22)11-13-12-20-16-9-5-3-7-14(13)16/h3-10,12,20H,2,11H2,1H3,(H,21,22). The highest BCUT2D eigenvalue weighted by molar-refractivity contribution is 6.02. The molecular weight excluding hydrogens is 304 g/mol. The van der Waals surface area contributed by atoms with Crippen LogP contribution < -0.4 is 5.32 Å². The van der Waals surface area contributed by atoms with E-state index in [1.807, 2.05) is 30.5 Å². The summed E-state index contributed by atoms with van der Waals surface area (Å²) in [6, 6.07) is 14.7. The second-order valence-electron chi connectivity index (χ2n) is 5.35. The normalized spacial score (nSPS) is 10.5. The highest BCUT2D eigenvalue weighted by Gasteiger charge is 2.15. The summed E-state index contributed by atoms with van der Waals surface area (Å²) in [5.41, 5.74) is 2.72. The van der Waals surface area contributed by atoms with Gasteiger partial charge in [0.05, 0.1) is 24.3 Å². The van der Waals surface area contributed by atoms with Crippen LogP contribution in [0.15, 0.2) is 54.7 Å². The molecule has 5 nitrogen and oxygen atoms in total. The third-order valence-corrected chi connectivity index (χ3v) is 3.72. The zero-order valence-electron chi connectivity index (χ0n) is 13.3. The first-order chi connectivity index (χ1) is 11.7. The lowest BCUT2D eigenvalue weighted by atomic mass is 10.1. The molecule has 3 aromatic rings. The number of aromatic amines is 1. The molecule has 0 saturated heterocycles. The summed E-state index contributed by atoms with van der Waals surface area (Å²) in [4.78, 5) is 27.5. The average Bonchev–Trinajstić information content (AvgIpc) is 2.98. The Hall–Kier alpha value is -3.08. The summed E-state index contributed by atoms with van der Waals surface area (Å²) in [6.07, 6.45) is 2.06. The Kier molecular flexibility index (Phi) is 4.61. The molecule has 3 rings (SSSR count). The number of esters is 1. The van der Waals surface area contributed by atoms with E-state index in [0.29, 0.717) is 11.3 Å². The minimum absolute atomic E-state index is 0.184. The molecule has 0 fully saturated rings. The van der Waals surface area contributed by atoms with Crippen molar-refractivity contribution in [2.45, 2.75) is 13.3 Å². The molecule has 1 heterocycles. The molecule has 1 amide bonds. The Balaban J connectivity index is 1.77. The molecule has 0 radical (unpaired) electrons. The minimum atomic E-state index is -0.444. The largest absolute Gasteiger partial charge is 0.462 e. The lowest BCUT2D eigenvalue weighted by Crippen LogP contribution is -2.17. The van der Waals surface area contributed by atoms with E-state index in [4.69, 9.17) is 4.74 Å². The molecule has 5 heteroatoms. The Labute approximate surface area is 139 Å². The van der Waals surface area contributed by atoms with Gasteiger partial charge in [-0.05, 0) is 30.7 Å². The molecule has 0 atom stereocenters. The van der Waals surface area contributed by atoms with Crippen molar-refractivity contribution in [3.63, 3.8) is 0 Å². The molecule has 2 aromatic carbocycles. The van der Waals surface area contributed by atoms with Crippen LogP contribution in [-0.2, 0) is 16.0 Å². The van der Waals surface area contributed by atoms with Crippen LogP contribution in [0, 0.1) is 0 Å². The van der Waals surface area contributed by atoms with E-state index in [2.05, 4.69) is 10.3 Å². The maximum absolute atomic E-state index is 12.4. The number of para-hydroxylation sites is 2. The summed E-state index contributed by atoms with van der Waals surface area (Å²) in [7, 11) is 0. The quantitative estimate of drug-likeness (QED) is 0.706. The third-order valence-electron chi connectivity index (χ3n) is 3.72. The van der Waals surface area contributed by atoms with Crippen molar-refractivity contribution in [3.8, 4) is 0 Å². The molecule has 24 heavy (non-hydrogen) atoms. The number of benzene rings is 2. The van der Waals surface area contributed by atoms with Crippen LogP contribution in [0.3, 0.4) is 0 Å². The van der Waals surface area contributed by atoms with E-state index < -0.39 is 5.97 Å². The number of aromatic nitrogens is 1. The number of ether oxygens (including phenoxy) is 1. The van der Waals surface area contributed by atoms with Crippen molar-refractivity contribution in [2.75, 3.05) is 11.9 Å². The van der Waals surface area contributed by atoms with Gasteiger partial charge < -0.3 is 15.0 Å². The van der Waals surface area contributed by atoms with Crippen LogP contribution in [0.5, 0.6) is 0 Å². The van der Waals surface area contributed by atoms with Crippen molar-refractivity contribution in [2.24, 2.45) is 0 Å². The number of hydrogen-bond donors (Lipinski definition) is 2. The summed E-state index contributed by atoms with van der Waals surface area (Å²) in [5.74, 6) is -0.628. The van der Waals surface area contributed by atoms with Crippen LogP contribution in [0.1, 0.15) is 22.8 Å². The first-order valence-corrected chi connectivity index (χ1v) is 7.80. The summed E-state index contributed by atoms with van der Waals surface area (Å²) < 4.78 is 5.02. The van der Waals surface area contributed by atoms with E-state index in [0.717, 1.165) is 16.5 Å². The molecule has 0 unspecified atom stereocenters. The Bertz CT molecular complexity index is 883. The van der Waals surface area contributed by atoms with E-state index in [1.54, 1.807) is 31.2 Å². The van der Waals surface area contributed by atoms with Gasteiger partial charge in [0, 0.05) is 17.1 Å². The number of carbonyl (C=O) groups excluding carboxylic acids is 2. The van der Waals surface area contributed by atoms with Gasteiger partial charge in [-0.3, -0.25) is 4.79 Å². The minimum Gasteiger partial charge on any atom is -0.462 e. The van der Waals surface area contributed by atoms with Crippen LogP contribution in [0.4, 0.5) is 5.69 Å². The van der Waals surface area contributed by atoms with Gasteiger partial charge in [-0.25, -0.2) is 4.79 Å². The van der Waals surface area contributed by atoms with Gasteiger partial charge in [0.2, 0.25) is 5.91 Å². The van der Waals surface area contributed by atoms with Gasteiger partial charge in [-0.1, -0.05) is 30.3 Å². The summed E-state index contributed by atoms with van der Waals surface area (Å²) in [5, 5.41) is 3.82. The van der Waals surface area contributed by atoms with Crippen molar-refractivity contribution in [3.05, 3.63) is 65.9 Å². The fourth-order valence-electron chi connectivity index (χ4n) is 2.62. The zero-order valence-corrected chi connectivity index (χ0v) is 13.3. The van der Waals surface area contributed by atoms with Crippen molar-refractivity contribution < 1.29 is 14.3 Å². The first-order valence-electron chi connectivity index (χ1n) is 7.80. The first kappa shape index (κ1) is 15.8. The Morgan fingerprint density at radius 2 is 1.83 bits per heavy atom. The topological polar surface area (TPSA) is 71.2 Å². The van der Waals surface area contributed by atoms with E-state index in [9.17, 15) is 9.59 Å². The van der Waals surface area contributed by atoms with Crippen molar-refractivity contribution in [1.82, 2.24) is 4.98 Å². The molecule has 0 aliphatic rings. The predicted molar refractivity (Wildman–Crippen MR) is 93.0 cm³/mol. The van der Waals surface area contributed by atoms with Gasteiger partial charge >= 0.3 is 5.97 Å². The number of rotatable bonds is 5. The number of amides is 1. The number of hydrogen-bond acceptors (Lipinski definition) is 3. The smallest absolute Gasteiger partial charge is 0.340 e.